The van der Waals surface area contributed by atoms with E-state index in [1.807, 2.05) is 25.4 Å². The van der Waals surface area contributed by atoms with Gasteiger partial charge >= 0.3 is 0 Å². The number of nitrogens with zero attached hydrogens (tertiary/aromatic N) is 2. The average molecular weight is 399 g/mol. The molecule has 0 bridgehead atoms. The van der Waals surface area contributed by atoms with Crippen LogP contribution in [0, 0.1) is 6.92 Å². The molecule has 0 aliphatic heterocycles. The van der Waals surface area contributed by atoms with Gasteiger partial charge in [0.05, 0.1) is 5.69 Å². The van der Waals surface area contributed by atoms with Crippen molar-refractivity contribution in [3.05, 3.63) is 121 Å². The van der Waals surface area contributed by atoms with Crippen molar-refractivity contribution in [1.29, 1.82) is 0 Å². The van der Waals surface area contributed by atoms with E-state index in [4.69, 9.17) is 0 Å². The summed E-state index contributed by atoms with van der Waals surface area (Å²) in [6, 6.07) is 36.0. The van der Waals surface area contributed by atoms with Crippen LogP contribution >= 0.6 is 0 Å². The first-order chi connectivity index (χ1) is 15.3. The Bertz CT molecular complexity index is 1270. The van der Waals surface area contributed by atoms with Crippen molar-refractivity contribution < 1.29 is 0 Å². The molecular weight excluding hydrogens is 376 g/mol. The van der Waals surface area contributed by atoms with Gasteiger partial charge in [0.1, 0.15) is 0 Å². The highest BCUT2D eigenvalue weighted by atomic mass is 14.7. The Hall–Kier alpha value is -4.04. The normalized spacial score (nSPS) is 10.7. The molecule has 0 atom stereocenters. The van der Waals surface area contributed by atoms with E-state index in [2.05, 4.69) is 107 Å². The van der Waals surface area contributed by atoms with E-state index in [0.29, 0.717) is 0 Å². The standard InChI is InChI=1S/C29H22N2/c1-21-25(16-9-18-30-21)28-20-24(17-19-31-28)29-26(22-10-4-2-5-11-22)14-8-15-27(29)23-12-6-3-7-13-23/h2-20H,1H3. The molecule has 2 heteroatoms. The third-order valence-electron chi connectivity index (χ3n) is 5.57. The van der Waals surface area contributed by atoms with Gasteiger partial charge in [-0.3, -0.25) is 9.97 Å². The Morgan fingerprint density at radius 1 is 0.484 bits per heavy atom. The fourth-order valence-corrected chi connectivity index (χ4v) is 4.07. The molecule has 0 N–H and O–H groups in total. The molecule has 5 aromatic rings. The van der Waals surface area contributed by atoms with Gasteiger partial charge in [0.15, 0.2) is 0 Å². The molecule has 0 saturated carbocycles. The van der Waals surface area contributed by atoms with E-state index < -0.39 is 0 Å². The van der Waals surface area contributed by atoms with E-state index >= 15 is 0 Å². The van der Waals surface area contributed by atoms with Crippen LogP contribution in [0.2, 0.25) is 0 Å². The van der Waals surface area contributed by atoms with Gasteiger partial charge in [-0.05, 0) is 64.6 Å². The first-order valence-electron chi connectivity index (χ1n) is 10.4. The predicted octanol–water partition coefficient (Wildman–Crippen LogP) is 7.45. The van der Waals surface area contributed by atoms with Crippen LogP contribution in [-0.2, 0) is 0 Å². The molecule has 3 aromatic carbocycles. The van der Waals surface area contributed by atoms with Gasteiger partial charge in [-0.25, -0.2) is 0 Å². The van der Waals surface area contributed by atoms with Crippen LogP contribution in [0.3, 0.4) is 0 Å². The lowest BCUT2D eigenvalue weighted by atomic mass is 9.87. The maximum absolute atomic E-state index is 4.66. The average Bonchev–Trinajstić information content (AvgIpc) is 2.85. The van der Waals surface area contributed by atoms with E-state index in [1.54, 1.807) is 0 Å². The molecule has 0 amide bonds. The van der Waals surface area contributed by atoms with Crippen LogP contribution < -0.4 is 0 Å². The van der Waals surface area contributed by atoms with Crippen LogP contribution in [0.5, 0.6) is 0 Å². The fourth-order valence-electron chi connectivity index (χ4n) is 4.07. The molecule has 0 radical (unpaired) electrons. The molecule has 0 unspecified atom stereocenters. The molecule has 2 nitrogen and oxygen atoms in total. The largest absolute Gasteiger partial charge is 0.261 e. The van der Waals surface area contributed by atoms with E-state index in [0.717, 1.165) is 22.5 Å². The molecule has 0 saturated heterocycles. The fraction of sp³-hybridized carbons (Fsp3) is 0.0345. The number of aromatic nitrogens is 2. The third-order valence-corrected chi connectivity index (χ3v) is 5.57. The smallest absolute Gasteiger partial charge is 0.0726 e. The Labute approximate surface area is 182 Å². The summed E-state index contributed by atoms with van der Waals surface area (Å²) in [7, 11) is 0. The molecule has 0 spiro atoms. The molecule has 148 valence electrons. The minimum atomic E-state index is 0.935. The maximum atomic E-state index is 4.66. The van der Waals surface area contributed by atoms with Gasteiger partial charge in [0, 0.05) is 23.7 Å². The highest BCUT2D eigenvalue weighted by Crippen LogP contribution is 2.40. The molecular formula is C29H22N2. The van der Waals surface area contributed by atoms with Crippen LogP contribution in [-0.4, -0.2) is 9.97 Å². The predicted molar refractivity (Wildman–Crippen MR) is 129 cm³/mol. The summed E-state index contributed by atoms with van der Waals surface area (Å²) in [6.45, 7) is 2.02. The highest BCUT2D eigenvalue weighted by molar-refractivity contribution is 5.95. The Balaban J connectivity index is 1.77. The number of aryl methyl sites for hydroxylation is 1. The number of hydrogen-bond acceptors (Lipinski definition) is 2. The number of hydrogen-bond donors (Lipinski definition) is 0. The van der Waals surface area contributed by atoms with Crippen LogP contribution in [0.25, 0.3) is 44.6 Å². The van der Waals surface area contributed by atoms with Gasteiger partial charge in [0.25, 0.3) is 0 Å². The second-order valence-electron chi connectivity index (χ2n) is 7.53. The van der Waals surface area contributed by atoms with E-state index in [9.17, 15) is 0 Å². The first kappa shape index (κ1) is 19.0. The summed E-state index contributed by atoms with van der Waals surface area (Å²) >= 11 is 0. The number of rotatable bonds is 4. The van der Waals surface area contributed by atoms with Gasteiger partial charge in [-0.15, -0.1) is 0 Å². The Morgan fingerprint density at radius 3 is 1.71 bits per heavy atom. The summed E-state index contributed by atoms with van der Waals surface area (Å²) in [5, 5.41) is 0. The van der Waals surface area contributed by atoms with Crippen molar-refractivity contribution in [2.45, 2.75) is 6.92 Å². The molecule has 0 aliphatic rings. The van der Waals surface area contributed by atoms with Gasteiger partial charge in [-0.2, -0.15) is 0 Å². The monoisotopic (exact) mass is 398 g/mol. The van der Waals surface area contributed by atoms with Gasteiger partial charge in [-0.1, -0.05) is 78.9 Å². The Kier molecular flexibility index (Phi) is 5.12. The zero-order chi connectivity index (χ0) is 21.0. The molecule has 31 heavy (non-hydrogen) atoms. The lowest BCUT2D eigenvalue weighted by Crippen LogP contribution is -1.93. The quantitative estimate of drug-likeness (QED) is 0.314. The lowest BCUT2D eigenvalue weighted by molar-refractivity contribution is 1.19. The number of benzene rings is 3. The second-order valence-corrected chi connectivity index (χ2v) is 7.53. The summed E-state index contributed by atoms with van der Waals surface area (Å²) in [5.74, 6) is 0. The Morgan fingerprint density at radius 2 is 1.10 bits per heavy atom. The molecule has 0 fully saturated rings. The van der Waals surface area contributed by atoms with Crippen LogP contribution in [0.15, 0.2) is 116 Å². The lowest BCUT2D eigenvalue weighted by Gasteiger charge is -2.17. The van der Waals surface area contributed by atoms with E-state index in [1.165, 1.54) is 27.8 Å². The minimum absolute atomic E-state index is 0.935. The van der Waals surface area contributed by atoms with Gasteiger partial charge < -0.3 is 0 Å². The van der Waals surface area contributed by atoms with Crippen molar-refractivity contribution in [2.75, 3.05) is 0 Å². The second kappa shape index (κ2) is 8.37. The third kappa shape index (κ3) is 3.76. The van der Waals surface area contributed by atoms with E-state index in [-0.39, 0.29) is 0 Å². The van der Waals surface area contributed by atoms with Crippen molar-refractivity contribution in [3.8, 4) is 44.6 Å². The van der Waals surface area contributed by atoms with Crippen molar-refractivity contribution in [2.24, 2.45) is 0 Å². The zero-order valence-electron chi connectivity index (χ0n) is 17.4. The minimum Gasteiger partial charge on any atom is -0.261 e. The van der Waals surface area contributed by atoms with Gasteiger partial charge in [0.2, 0.25) is 0 Å². The van der Waals surface area contributed by atoms with Crippen molar-refractivity contribution in [3.63, 3.8) is 0 Å². The van der Waals surface area contributed by atoms with Crippen molar-refractivity contribution in [1.82, 2.24) is 9.97 Å². The van der Waals surface area contributed by atoms with Crippen LogP contribution in [0.4, 0.5) is 0 Å². The first-order valence-corrected chi connectivity index (χ1v) is 10.4. The summed E-state index contributed by atoms with van der Waals surface area (Å²) in [5.41, 5.74) is 10.2. The SMILES string of the molecule is Cc1ncccc1-c1cc(-c2c(-c3ccccc3)cccc2-c2ccccc2)ccn1. The zero-order valence-corrected chi connectivity index (χ0v) is 17.4. The highest BCUT2D eigenvalue weighted by Gasteiger charge is 2.15. The summed E-state index contributed by atoms with van der Waals surface area (Å²) < 4.78 is 0. The van der Waals surface area contributed by atoms with Crippen molar-refractivity contribution >= 4 is 0 Å². The molecule has 2 heterocycles. The molecule has 5 rings (SSSR count). The number of pyridine rings is 2. The molecule has 2 aromatic heterocycles. The summed E-state index contributed by atoms with van der Waals surface area (Å²) in [6.07, 6.45) is 3.72. The molecule has 0 aliphatic carbocycles. The summed E-state index contributed by atoms with van der Waals surface area (Å²) in [4.78, 5) is 9.11. The van der Waals surface area contributed by atoms with Crippen LogP contribution in [0.1, 0.15) is 5.69 Å². The maximum Gasteiger partial charge on any atom is 0.0726 e. The topological polar surface area (TPSA) is 25.8 Å².